The van der Waals surface area contributed by atoms with Crippen molar-refractivity contribution in [3.8, 4) is 5.75 Å². The molecule has 0 bridgehead atoms. The fourth-order valence-electron chi connectivity index (χ4n) is 4.88. The Kier molecular flexibility index (Phi) is 6.55. The predicted octanol–water partition coefficient (Wildman–Crippen LogP) is 2.93. The maximum absolute atomic E-state index is 14.1. The summed E-state index contributed by atoms with van der Waals surface area (Å²) in [5.74, 6) is -0.100. The summed E-state index contributed by atoms with van der Waals surface area (Å²) in [7, 11) is 2.88. The molecule has 9 heteroatoms. The van der Waals surface area contributed by atoms with Gasteiger partial charge in [-0.3, -0.25) is 14.2 Å². The lowest BCUT2D eigenvalue weighted by Gasteiger charge is -2.24. The van der Waals surface area contributed by atoms with Crippen LogP contribution in [0.5, 0.6) is 5.75 Å². The van der Waals surface area contributed by atoms with Crippen molar-refractivity contribution in [3.63, 3.8) is 0 Å². The molecule has 190 valence electrons. The number of benzene rings is 2. The van der Waals surface area contributed by atoms with Crippen LogP contribution in [0.15, 0.2) is 69.6 Å². The van der Waals surface area contributed by atoms with Crippen molar-refractivity contribution in [2.75, 3.05) is 25.7 Å². The molecule has 1 aromatic heterocycles. The van der Waals surface area contributed by atoms with Gasteiger partial charge in [0.15, 0.2) is 4.80 Å². The lowest BCUT2D eigenvalue weighted by atomic mass is 9.96. The van der Waals surface area contributed by atoms with Crippen molar-refractivity contribution in [3.05, 3.63) is 90.6 Å². The summed E-state index contributed by atoms with van der Waals surface area (Å²) in [5.41, 5.74) is 3.00. The number of hydrogen-bond donors (Lipinski definition) is 0. The van der Waals surface area contributed by atoms with Gasteiger partial charge in [-0.15, -0.1) is 0 Å². The van der Waals surface area contributed by atoms with Crippen molar-refractivity contribution < 1.29 is 19.1 Å². The van der Waals surface area contributed by atoms with Gasteiger partial charge in [-0.05, 0) is 37.1 Å². The molecule has 5 rings (SSSR count). The van der Waals surface area contributed by atoms with E-state index in [1.54, 1.807) is 31.1 Å². The van der Waals surface area contributed by atoms with Crippen LogP contribution in [0.3, 0.4) is 0 Å². The molecule has 0 saturated carbocycles. The smallest absolute Gasteiger partial charge is 0.338 e. The highest BCUT2D eigenvalue weighted by molar-refractivity contribution is 7.07. The number of fused-ring (bicyclic) bond motifs is 2. The number of anilines is 1. The van der Waals surface area contributed by atoms with E-state index in [0.29, 0.717) is 38.5 Å². The molecule has 0 aliphatic carbocycles. The van der Waals surface area contributed by atoms with E-state index in [4.69, 9.17) is 9.47 Å². The van der Waals surface area contributed by atoms with Crippen molar-refractivity contribution in [2.24, 2.45) is 4.99 Å². The van der Waals surface area contributed by atoms with E-state index >= 15 is 0 Å². The molecular weight excluding hydrogens is 490 g/mol. The fraction of sp³-hybridized carbons (Fsp3) is 0.286. The third-order valence-electron chi connectivity index (χ3n) is 6.72. The molecule has 0 unspecified atom stereocenters. The van der Waals surface area contributed by atoms with Crippen LogP contribution in [0, 0.1) is 0 Å². The zero-order chi connectivity index (χ0) is 26.3. The van der Waals surface area contributed by atoms with Gasteiger partial charge in [0, 0.05) is 12.1 Å². The maximum atomic E-state index is 14.1. The summed E-state index contributed by atoms with van der Waals surface area (Å²) in [6.45, 7) is 4.38. The standard InChI is InChI=1S/C28H27N3O5S/c1-5-6-15-30-20-10-8-7-9-19(20)22(25(30)32)24-26(33)31-23(17-11-13-18(35-3)14-12-17)21(27(34)36-4)16(2)29-28(31)37-24/h7-14,23H,5-6,15H2,1-4H3/b24-22-/t23-/m1/s1. The number of thiazole rings is 1. The van der Waals surface area contributed by atoms with Crippen LogP contribution in [0.25, 0.3) is 5.57 Å². The zero-order valence-electron chi connectivity index (χ0n) is 21.1. The number of para-hydroxylation sites is 1. The first-order chi connectivity index (χ1) is 17.9. The van der Waals surface area contributed by atoms with Crippen molar-refractivity contribution in [1.82, 2.24) is 4.57 Å². The van der Waals surface area contributed by atoms with E-state index < -0.39 is 12.0 Å². The number of esters is 1. The molecule has 8 nitrogen and oxygen atoms in total. The Morgan fingerprint density at radius 3 is 2.49 bits per heavy atom. The Hall–Kier alpha value is -3.98. The number of allylic oxidation sites excluding steroid dienone is 1. The van der Waals surface area contributed by atoms with Crippen LogP contribution >= 0.6 is 11.3 Å². The first kappa shape index (κ1) is 24.7. The fourth-order valence-corrected chi connectivity index (χ4v) is 6.02. The van der Waals surface area contributed by atoms with Crippen molar-refractivity contribution in [1.29, 1.82) is 0 Å². The molecule has 1 atom stereocenters. The highest BCUT2D eigenvalue weighted by Gasteiger charge is 2.37. The minimum atomic E-state index is -0.758. The van der Waals surface area contributed by atoms with Crippen LogP contribution in [0.1, 0.15) is 43.9 Å². The highest BCUT2D eigenvalue weighted by atomic mass is 32.1. The van der Waals surface area contributed by atoms with E-state index in [1.165, 1.54) is 23.0 Å². The van der Waals surface area contributed by atoms with Gasteiger partial charge in [0.1, 0.15) is 10.3 Å². The van der Waals surface area contributed by atoms with E-state index in [2.05, 4.69) is 11.9 Å². The van der Waals surface area contributed by atoms with Gasteiger partial charge >= 0.3 is 5.97 Å². The summed E-state index contributed by atoms with van der Waals surface area (Å²) in [5, 5.41) is 0. The second kappa shape index (κ2) is 9.82. The Bertz CT molecular complexity index is 1610. The SMILES string of the molecule is CCCCN1C(=O)/C(=c2\sc3n(c2=O)[C@H](c2ccc(OC)cc2)C(C(=O)OC)=C(C)N=3)c2ccccc21. The van der Waals surface area contributed by atoms with E-state index in [9.17, 15) is 14.4 Å². The lowest BCUT2D eigenvalue weighted by molar-refractivity contribution is -0.136. The Balaban J connectivity index is 1.78. The molecule has 2 aliphatic heterocycles. The second-order valence-corrected chi connectivity index (χ2v) is 9.85. The van der Waals surface area contributed by atoms with Crippen LogP contribution in [-0.4, -0.2) is 37.2 Å². The molecule has 0 fully saturated rings. The zero-order valence-corrected chi connectivity index (χ0v) is 21.9. The molecule has 3 heterocycles. The average Bonchev–Trinajstić information content (AvgIpc) is 3.38. The minimum Gasteiger partial charge on any atom is -0.497 e. The maximum Gasteiger partial charge on any atom is 0.338 e. The first-order valence-corrected chi connectivity index (χ1v) is 12.9. The van der Waals surface area contributed by atoms with E-state index in [0.717, 1.165) is 24.1 Å². The van der Waals surface area contributed by atoms with Gasteiger partial charge < -0.3 is 14.4 Å². The number of hydrogen-bond acceptors (Lipinski definition) is 7. The number of rotatable bonds is 6. The number of aromatic nitrogens is 1. The normalized spacial score (nSPS) is 17.9. The van der Waals surface area contributed by atoms with Gasteiger partial charge in [0.2, 0.25) is 0 Å². The summed E-state index contributed by atoms with van der Waals surface area (Å²) < 4.78 is 12.2. The van der Waals surface area contributed by atoms with Gasteiger partial charge in [0.05, 0.1) is 42.8 Å². The van der Waals surface area contributed by atoms with Crippen LogP contribution in [-0.2, 0) is 14.3 Å². The number of methoxy groups -OCH3 is 2. The Morgan fingerprint density at radius 2 is 1.81 bits per heavy atom. The minimum absolute atomic E-state index is 0.190. The number of amides is 1. The summed E-state index contributed by atoms with van der Waals surface area (Å²) in [6, 6.07) is 14.0. The molecule has 0 saturated heterocycles. The van der Waals surface area contributed by atoms with Crippen LogP contribution < -0.4 is 24.5 Å². The number of carbonyl (C=O) groups is 2. The quantitative estimate of drug-likeness (QED) is 0.469. The van der Waals surface area contributed by atoms with Crippen LogP contribution in [0.2, 0.25) is 0 Å². The third-order valence-corrected chi connectivity index (χ3v) is 7.77. The molecule has 1 amide bonds. The van der Waals surface area contributed by atoms with Gasteiger partial charge in [-0.2, -0.15) is 0 Å². The lowest BCUT2D eigenvalue weighted by Crippen LogP contribution is -2.40. The second-order valence-electron chi connectivity index (χ2n) is 8.87. The Morgan fingerprint density at radius 1 is 1.08 bits per heavy atom. The molecule has 0 spiro atoms. The third kappa shape index (κ3) is 3.99. The van der Waals surface area contributed by atoms with Crippen molar-refractivity contribution >= 4 is 34.5 Å². The topological polar surface area (TPSA) is 90.2 Å². The molecular formula is C28H27N3O5S. The van der Waals surface area contributed by atoms with Gasteiger partial charge in [0.25, 0.3) is 11.5 Å². The van der Waals surface area contributed by atoms with Gasteiger partial charge in [-0.25, -0.2) is 9.79 Å². The van der Waals surface area contributed by atoms with Crippen molar-refractivity contribution in [2.45, 2.75) is 32.7 Å². The molecule has 2 aromatic carbocycles. The Labute approximate surface area is 217 Å². The highest BCUT2D eigenvalue weighted by Crippen LogP contribution is 2.36. The monoisotopic (exact) mass is 517 g/mol. The number of unbranched alkanes of at least 4 members (excludes halogenated alkanes) is 1. The molecule has 0 N–H and O–H groups in total. The number of nitrogens with zero attached hydrogens (tertiary/aromatic N) is 3. The molecule has 0 radical (unpaired) electrons. The largest absolute Gasteiger partial charge is 0.497 e. The van der Waals surface area contributed by atoms with E-state index in [1.807, 2.05) is 36.4 Å². The first-order valence-electron chi connectivity index (χ1n) is 12.1. The average molecular weight is 518 g/mol. The summed E-state index contributed by atoms with van der Waals surface area (Å²) in [6.07, 6.45) is 1.80. The molecule has 2 aliphatic rings. The summed E-state index contributed by atoms with van der Waals surface area (Å²) >= 11 is 1.17. The number of ether oxygens (including phenoxy) is 2. The number of carbonyl (C=O) groups excluding carboxylic acids is 2. The van der Waals surface area contributed by atoms with Crippen LogP contribution in [0.4, 0.5) is 5.69 Å². The molecule has 3 aromatic rings. The molecule has 37 heavy (non-hydrogen) atoms. The predicted molar refractivity (Wildman–Crippen MR) is 141 cm³/mol. The van der Waals surface area contributed by atoms with E-state index in [-0.39, 0.29) is 17.0 Å². The van der Waals surface area contributed by atoms with Gasteiger partial charge in [-0.1, -0.05) is 55.0 Å². The summed E-state index contributed by atoms with van der Waals surface area (Å²) in [4.78, 5) is 47.4.